The fourth-order valence-corrected chi connectivity index (χ4v) is 2.34. The summed E-state index contributed by atoms with van der Waals surface area (Å²) in [6.07, 6.45) is -1.36. The molecule has 0 fully saturated rings. The summed E-state index contributed by atoms with van der Waals surface area (Å²) in [6.45, 7) is 0. The van der Waals surface area contributed by atoms with Crippen LogP contribution in [0.3, 0.4) is 0 Å². The third-order valence-electron chi connectivity index (χ3n) is 3.21. The first-order chi connectivity index (χ1) is 11.9. The molecule has 2 rings (SSSR count). The average molecular weight is 407 g/mol. The van der Waals surface area contributed by atoms with Gasteiger partial charge in [0.25, 0.3) is 5.91 Å². The number of phenols is 1. The molecule has 0 aliphatic rings. The molecule has 3 N–H and O–H groups in total. The fraction of sp³-hybridized carbons (Fsp3) is 0.118. The molecule has 130 valence electrons. The van der Waals surface area contributed by atoms with E-state index in [-0.39, 0.29) is 11.3 Å². The summed E-state index contributed by atoms with van der Waals surface area (Å²) in [6, 6.07) is 11.8. The fourth-order valence-electron chi connectivity index (χ4n) is 1.98. The third-order valence-corrected chi connectivity index (χ3v) is 3.70. The lowest BCUT2D eigenvalue weighted by Gasteiger charge is -2.18. The smallest absolute Gasteiger partial charge is 0.343 e. The van der Waals surface area contributed by atoms with Gasteiger partial charge in [-0.15, -0.1) is 0 Å². The lowest BCUT2D eigenvalue weighted by Crippen LogP contribution is -2.41. The number of phenolic OH excluding ortho intramolecular Hbond substituents is 1. The van der Waals surface area contributed by atoms with Crippen molar-refractivity contribution in [3.63, 3.8) is 0 Å². The monoisotopic (exact) mass is 406 g/mol. The van der Waals surface area contributed by atoms with Gasteiger partial charge in [0.05, 0.1) is 0 Å². The van der Waals surface area contributed by atoms with Crippen LogP contribution in [0.25, 0.3) is 0 Å². The molecule has 2 aromatic rings. The Labute approximate surface area is 152 Å². The molecule has 25 heavy (non-hydrogen) atoms. The van der Waals surface area contributed by atoms with Gasteiger partial charge in [-0.3, -0.25) is 10.1 Å². The van der Waals surface area contributed by atoms with Crippen LogP contribution < -0.4 is 10.6 Å². The van der Waals surface area contributed by atoms with Crippen LogP contribution in [0.4, 0.5) is 4.79 Å². The Morgan fingerprint density at radius 3 is 2.44 bits per heavy atom. The molecule has 0 aliphatic heterocycles. The number of amides is 3. The molecule has 0 bridgehead atoms. The van der Waals surface area contributed by atoms with E-state index in [0.29, 0.717) is 10.0 Å². The lowest BCUT2D eigenvalue weighted by atomic mass is 10.1. The van der Waals surface area contributed by atoms with Gasteiger partial charge < -0.3 is 15.2 Å². The number of carbonyl (C=O) groups excluding carboxylic acids is 3. The Kier molecular flexibility index (Phi) is 6.13. The molecule has 2 aromatic carbocycles. The largest absolute Gasteiger partial charge is 0.507 e. The van der Waals surface area contributed by atoms with Gasteiger partial charge in [0.1, 0.15) is 11.3 Å². The van der Waals surface area contributed by atoms with Crippen molar-refractivity contribution in [2.45, 2.75) is 6.10 Å². The number of benzene rings is 2. The number of imide groups is 1. The van der Waals surface area contributed by atoms with Gasteiger partial charge in [-0.1, -0.05) is 46.3 Å². The summed E-state index contributed by atoms with van der Waals surface area (Å²) in [5, 5.41) is 14.1. The minimum atomic E-state index is -1.36. The normalized spacial score (nSPS) is 11.3. The molecule has 0 saturated carbocycles. The van der Waals surface area contributed by atoms with E-state index >= 15 is 0 Å². The molecular formula is C17H15BrN2O5. The number of carbonyl (C=O) groups is 3. The van der Waals surface area contributed by atoms with Gasteiger partial charge in [0.15, 0.2) is 0 Å². The molecule has 0 unspecified atom stereocenters. The summed E-state index contributed by atoms with van der Waals surface area (Å²) in [7, 11) is 1.35. The van der Waals surface area contributed by atoms with Crippen LogP contribution in [-0.4, -0.2) is 30.1 Å². The second-order valence-corrected chi connectivity index (χ2v) is 5.84. The zero-order valence-corrected chi connectivity index (χ0v) is 14.7. The van der Waals surface area contributed by atoms with Crippen molar-refractivity contribution in [2.75, 3.05) is 7.05 Å². The topological polar surface area (TPSA) is 105 Å². The first-order valence-corrected chi connectivity index (χ1v) is 7.98. The second-order valence-electron chi connectivity index (χ2n) is 4.93. The second kappa shape index (κ2) is 8.29. The van der Waals surface area contributed by atoms with Crippen LogP contribution in [0, 0.1) is 0 Å². The summed E-state index contributed by atoms with van der Waals surface area (Å²) < 4.78 is 5.81. The molecule has 0 aromatic heterocycles. The van der Waals surface area contributed by atoms with Crippen molar-refractivity contribution in [1.29, 1.82) is 0 Å². The van der Waals surface area contributed by atoms with Gasteiger partial charge in [0.2, 0.25) is 6.10 Å². The number of rotatable bonds is 4. The maximum Gasteiger partial charge on any atom is 0.343 e. The first kappa shape index (κ1) is 18.5. The SMILES string of the molecule is CNC(=O)NC(=O)[C@@H](OC(=O)c1cc(Br)ccc1O)c1ccccc1. The van der Waals surface area contributed by atoms with Crippen molar-refractivity contribution in [3.05, 3.63) is 64.1 Å². The Bertz CT molecular complexity index is 795. The third kappa shape index (κ3) is 4.80. The van der Waals surface area contributed by atoms with Crippen LogP contribution in [0.1, 0.15) is 22.0 Å². The van der Waals surface area contributed by atoms with E-state index in [4.69, 9.17) is 4.74 Å². The van der Waals surface area contributed by atoms with E-state index < -0.39 is 24.0 Å². The number of esters is 1. The van der Waals surface area contributed by atoms with Crippen molar-refractivity contribution >= 4 is 33.8 Å². The first-order valence-electron chi connectivity index (χ1n) is 7.19. The summed E-state index contributed by atoms with van der Waals surface area (Å²) in [4.78, 5) is 36.1. The van der Waals surface area contributed by atoms with E-state index in [2.05, 4.69) is 26.6 Å². The highest BCUT2D eigenvalue weighted by atomic mass is 79.9. The van der Waals surface area contributed by atoms with Gasteiger partial charge in [0, 0.05) is 17.1 Å². The number of aromatic hydroxyl groups is 1. The minimum absolute atomic E-state index is 0.108. The number of hydrogen-bond acceptors (Lipinski definition) is 5. The summed E-state index contributed by atoms with van der Waals surface area (Å²) in [5.41, 5.74) is 0.273. The van der Waals surface area contributed by atoms with Gasteiger partial charge in [-0.05, 0) is 18.2 Å². The molecule has 3 amide bonds. The zero-order valence-electron chi connectivity index (χ0n) is 13.2. The van der Waals surface area contributed by atoms with Crippen LogP contribution in [0.15, 0.2) is 53.0 Å². The zero-order chi connectivity index (χ0) is 18.4. The standard InChI is InChI=1S/C17H15BrN2O5/c1-19-17(24)20-15(22)14(10-5-3-2-4-6-10)25-16(23)12-9-11(18)7-8-13(12)21/h2-9,14,21H,1H3,(H2,19,20,22,24)/t14-/m0/s1. The van der Waals surface area contributed by atoms with Gasteiger partial charge >= 0.3 is 12.0 Å². The maximum atomic E-state index is 12.4. The Morgan fingerprint density at radius 1 is 1.12 bits per heavy atom. The van der Waals surface area contributed by atoms with E-state index in [1.807, 2.05) is 0 Å². The van der Waals surface area contributed by atoms with Crippen LogP contribution >= 0.6 is 15.9 Å². The number of halogens is 1. The number of urea groups is 1. The highest BCUT2D eigenvalue weighted by Gasteiger charge is 2.28. The van der Waals surface area contributed by atoms with Gasteiger partial charge in [-0.2, -0.15) is 0 Å². The lowest BCUT2D eigenvalue weighted by molar-refractivity contribution is -0.129. The Morgan fingerprint density at radius 2 is 1.80 bits per heavy atom. The minimum Gasteiger partial charge on any atom is -0.507 e. The highest BCUT2D eigenvalue weighted by molar-refractivity contribution is 9.10. The molecule has 0 heterocycles. The molecular weight excluding hydrogens is 392 g/mol. The van der Waals surface area contributed by atoms with Crippen molar-refractivity contribution in [3.8, 4) is 5.75 Å². The molecule has 0 aliphatic carbocycles. The van der Waals surface area contributed by atoms with Crippen LogP contribution in [0.5, 0.6) is 5.75 Å². The van der Waals surface area contributed by atoms with Crippen LogP contribution in [0.2, 0.25) is 0 Å². The van der Waals surface area contributed by atoms with Crippen molar-refractivity contribution in [1.82, 2.24) is 10.6 Å². The highest BCUT2D eigenvalue weighted by Crippen LogP contribution is 2.26. The molecule has 1 atom stereocenters. The summed E-state index contributed by atoms with van der Waals surface area (Å²) >= 11 is 3.20. The molecule has 0 spiro atoms. The van der Waals surface area contributed by atoms with E-state index in [1.54, 1.807) is 36.4 Å². The van der Waals surface area contributed by atoms with Crippen molar-refractivity contribution in [2.24, 2.45) is 0 Å². The average Bonchev–Trinajstić information content (AvgIpc) is 2.61. The predicted molar refractivity (Wildman–Crippen MR) is 93.0 cm³/mol. The molecule has 0 saturated heterocycles. The van der Waals surface area contributed by atoms with E-state index in [0.717, 1.165) is 0 Å². The predicted octanol–water partition coefficient (Wildman–Crippen LogP) is 2.51. The molecule has 7 nitrogen and oxygen atoms in total. The number of ether oxygens (including phenoxy) is 1. The number of nitrogens with one attached hydrogen (secondary N) is 2. The Hall–Kier alpha value is -2.87. The number of hydrogen-bond donors (Lipinski definition) is 3. The molecule has 0 radical (unpaired) electrons. The summed E-state index contributed by atoms with van der Waals surface area (Å²) in [5.74, 6) is -2.00. The van der Waals surface area contributed by atoms with Crippen LogP contribution in [-0.2, 0) is 9.53 Å². The quantitative estimate of drug-likeness (QED) is 0.676. The maximum absolute atomic E-state index is 12.4. The van der Waals surface area contributed by atoms with E-state index in [9.17, 15) is 19.5 Å². The molecule has 8 heteroatoms. The van der Waals surface area contributed by atoms with Crippen molar-refractivity contribution < 1.29 is 24.2 Å². The Balaban J connectivity index is 2.29. The van der Waals surface area contributed by atoms with Gasteiger partial charge in [-0.25, -0.2) is 9.59 Å². The van der Waals surface area contributed by atoms with E-state index in [1.165, 1.54) is 19.2 Å².